The molecule has 24 heavy (non-hydrogen) atoms. The highest BCUT2D eigenvalue weighted by molar-refractivity contribution is 7.80. The lowest BCUT2D eigenvalue weighted by Gasteiger charge is -2.11. The van der Waals surface area contributed by atoms with Gasteiger partial charge >= 0.3 is 5.97 Å². The Morgan fingerprint density at radius 3 is 2.62 bits per heavy atom. The van der Waals surface area contributed by atoms with E-state index in [-0.39, 0.29) is 0 Å². The first-order valence-corrected chi connectivity index (χ1v) is 8.71. The number of hydrogen-bond donors (Lipinski definition) is 2. The molecule has 0 unspecified atom stereocenters. The SMILES string of the molecule is CCc1cc(C(=O)OC)c(NC(=S)Nc2ccc(OC)c(Cl)c2)s1. The molecule has 2 rings (SSSR count). The van der Waals surface area contributed by atoms with Gasteiger partial charge in [0, 0.05) is 10.6 Å². The van der Waals surface area contributed by atoms with E-state index in [0.717, 1.165) is 11.3 Å². The molecule has 0 bridgehead atoms. The van der Waals surface area contributed by atoms with Crippen LogP contribution >= 0.6 is 35.2 Å². The molecule has 2 N–H and O–H groups in total. The van der Waals surface area contributed by atoms with Crippen molar-refractivity contribution in [2.24, 2.45) is 0 Å². The second kappa shape index (κ2) is 8.32. The van der Waals surface area contributed by atoms with E-state index in [1.807, 2.05) is 13.0 Å². The average Bonchev–Trinajstić information content (AvgIpc) is 2.97. The van der Waals surface area contributed by atoms with Crippen molar-refractivity contribution in [2.45, 2.75) is 13.3 Å². The van der Waals surface area contributed by atoms with Gasteiger partial charge in [0.25, 0.3) is 0 Å². The van der Waals surface area contributed by atoms with E-state index in [0.29, 0.717) is 32.1 Å². The number of thiophene rings is 1. The van der Waals surface area contributed by atoms with Crippen LogP contribution < -0.4 is 15.4 Å². The van der Waals surface area contributed by atoms with Crippen LogP contribution in [0.25, 0.3) is 0 Å². The number of benzene rings is 1. The van der Waals surface area contributed by atoms with Crippen LogP contribution in [0.1, 0.15) is 22.2 Å². The molecule has 128 valence electrons. The van der Waals surface area contributed by atoms with Crippen molar-refractivity contribution in [3.05, 3.63) is 39.7 Å². The third kappa shape index (κ3) is 4.37. The minimum atomic E-state index is -0.399. The van der Waals surface area contributed by atoms with Gasteiger partial charge < -0.3 is 20.1 Å². The summed E-state index contributed by atoms with van der Waals surface area (Å²) in [7, 11) is 2.91. The van der Waals surface area contributed by atoms with Crippen molar-refractivity contribution < 1.29 is 14.3 Å². The van der Waals surface area contributed by atoms with Crippen LogP contribution in [0, 0.1) is 0 Å². The zero-order chi connectivity index (χ0) is 17.7. The Kier molecular flexibility index (Phi) is 6.42. The van der Waals surface area contributed by atoms with E-state index in [2.05, 4.69) is 10.6 Å². The predicted molar refractivity (Wildman–Crippen MR) is 103 cm³/mol. The topological polar surface area (TPSA) is 59.6 Å². The summed E-state index contributed by atoms with van der Waals surface area (Å²) in [4.78, 5) is 12.9. The van der Waals surface area contributed by atoms with E-state index in [1.54, 1.807) is 25.3 Å². The number of halogens is 1. The molecule has 8 heteroatoms. The lowest BCUT2D eigenvalue weighted by Crippen LogP contribution is -2.19. The third-order valence-corrected chi connectivity index (χ3v) is 4.87. The first-order valence-electron chi connectivity index (χ1n) is 7.11. The van der Waals surface area contributed by atoms with Crippen LogP contribution in [0.5, 0.6) is 5.75 Å². The standard InChI is InChI=1S/C16H17ClN2O3S2/c1-4-10-8-11(15(20)22-3)14(24-10)19-16(23)18-9-5-6-13(21-2)12(17)7-9/h5-8H,4H2,1-3H3,(H2,18,19,23). The van der Waals surface area contributed by atoms with Gasteiger partial charge in [-0.15, -0.1) is 11.3 Å². The lowest BCUT2D eigenvalue weighted by atomic mass is 10.2. The molecule has 0 atom stereocenters. The second-order valence-electron chi connectivity index (χ2n) is 4.73. The number of carbonyl (C=O) groups is 1. The number of nitrogens with one attached hydrogen (secondary N) is 2. The Labute approximate surface area is 154 Å². The number of thiocarbonyl (C=S) groups is 1. The summed E-state index contributed by atoms with van der Waals surface area (Å²) < 4.78 is 9.92. The molecule has 0 aliphatic carbocycles. The molecule has 0 spiro atoms. The van der Waals surface area contributed by atoms with Crippen molar-refractivity contribution in [1.82, 2.24) is 0 Å². The van der Waals surface area contributed by atoms with Crippen LogP contribution in [0.3, 0.4) is 0 Å². The summed E-state index contributed by atoms with van der Waals surface area (Å²) in [6.45, 7) is 2.02. The minimum Gasteiger partial charge on any atom is -0.495 e. The molecule has 0 radical (unpaired) electrons. The molecule has 1 heterocycles. The highest BCUT2D eigenvalue weighted by Crippen LogP contribution is 2.30. The maximum atomic E-state index is 11.9. The number of esters is 1. The molecule has 0 aliphatic heterocycles. The zero-order valence-electron chi connectivity index (χ0n) is 13.4. The van der Waals surface area contributed by atoms with Crippen molar-refractivity contribution in [2.75, 3.05) is 24.9 Å². The van der Waals surface area contributed by atoms with Crippen LogP contribution in [0.2, 0.25) is 5.02 Å². The largest absolute Gasteiger partial charge is 0.495 e. The van der Waals surface area contributed by atoms with E-state index < -0.39 is 5.97 Å². The van der Waals surface area contributed by atoms with E-state index in [9.17, 15) is 4.79 Å². The van der Waals surface area contributed by atoms with Crippen molar-refractivity contribution in [3.8, 4) is 5.75 Å². The molecular formula is C16H17ClN2O3S2. The van der Waals surface area contributed by atoms with Gasteiger partial charge in [0.15, 0.2) is 5.11 Å². The monoisotopic (exact) mass is 384 g/mol. The average molecular weight is 385 g/mol. The fourth-order valence-electron chi connectivity index (χ4n) is 1.98. The summed E-state index contributed by atoms with van der Waals surface area (Å²) >= 11 is 12.9. The van der Waals surface area contributed by atoms with E-state index in [1.165, 1.54) is 18.4 Å². The number of hydrogen-bond acceptors (Lipinski definition) is 5. The maximum Gasteiger partial charge on any atom is 0.340 e. The molecular weight excluding hydrogens is 368 g/mol. The number of rotatable bonds is 5. The summed E-state index contributed by atoms with van der Waals surface area (Å²) in [5.41, 5.74) is 1.18. The summed E-state index contributed by atoms with van der Waals surface area (Å²) in [6.07, 6.45) is 0.824. The Morgan fingerprint density at radius 2 is 2.04 bits per heavy atom. The normalized spacial score (nSPS) is 10.2. The Hall–Kier alpha value is -1.83. The van der Waals surface area contributed by atoms with Crippen LogP contribution in [-0.2, 0) is 11.2 Å². The number of ether oxygens (including phenoxy) is 2. The van der Waals surface area contributed by atoms with Crippen LogP contribution in [0.15, 0.2) is 24.3 Å². The quantitative estimate of drug-likeness (QED) is 0.581. The van der Waals surface area contributed by atoms with Gasteiger partial charge in [-0.2, -0.15) is 0 Å². The first-order chi connectivity index (χ1) is 11.5. The number of carbonyl (C=O) groups excluding carboxylic acids is 1. The van der Waals surface area contributed by atoms with Gasteiger partial charge in [-0.25, -0.2) is 4.79 Å². The van der Waals surface area contributed by atoms with Crippen molar-refractivity contribution in [3.63, 3.8) is 0 Å². The van der Waals surface area contributed by atoms with Gasteiger partial charge in [0.05, 0.1) is 24.8 Å². The highest BCUT2D eigenvalue weighted by Gasteiger charge is 2.17. The molecule has 1 aromatic heterocycles. The van der Waals surface area contributed by atoms with Gasteiger partial charge in [-0.3, -0.25) is 0 Å². The lowest BCUT2D eigenvalue weighted by molar-refractivity contribution is 0.0602. The zero-order valence-corrected chi connectivity index (χ0v) is 15.8. The highest BCUT2D eigenvalue weighted by atomic mass is 35.5. The minimum absolute atomic E-state index is 0.353. The summed E-state index contributed by atoms with van der Waals surface area (Å²) in [6, 6.07) is 7.06. The first kappa shape index (κ1) is 18.5. The molecule has 1 aromatic carbocycles. The molecule has 5 nitrogen and oxygen atoms in total. The van der Waals surface area contributed by atoms with Gasteiger partial charge in [-0.1, -0.05) is 18.5 Å². The second-order valence-corrected chi connectivity index (χ2v) is 6.68. The predicted octanol–water partition coefficient (Wildman–Crippen LogP) is 4.57. The fourth-order valence-corrected chi connectivity index (χ4v) is 3.51. The van der Waals surface area contributed by atoms with Gasteiger partial charge in [0.1, 0.15) is 10.8 Å². The maximum absolute atomic E-state index is 11.9. The number of anilines is 2. The third-order valence-electron chi connectivity index (χ3n) is 3.17. The molecule has 0 aliphatic rings. The summed E-state index contributed by atoms with van der Waals surface area (Å²) in [5.74, 6) is 0.184. The molecule has 2 aromatic rings. The van der Waals surface area contributed by atoms with Crippen molar-refractivity contribution in [1.29, 1.82) is 0 Å². The molecule has 0 amide bonds. The van der Waals surface area contributed by atoms with Crippen LogP contribution in [-0.4, -0.2) is 25.3 Å². The molecule has 0 fully saturated rings. The molecule has 0 saturated carbocycles. The number of aryl methyl sites for hydroxylation is 1. The molecule has 0 saturated heterocycles. The van der Waals surface area contributed by atoms with Gasteiger partial charge in [-0.05, 0) is 42.9 Å². The Bertz CT molecular complexity index is 762. The Morgan fingerprint density at radius 1 is 1.29 bits per heavy atom. The van der Waals surface area contributed by atoms with Crippen molar-refractivity contribution >= 4 is 56.9 Å². The Balaban J connectivity index is 2.13. The number of methoxy groups -OCH3 is 2. The van der Waals surface area contributed by atoms with Gasteiger partial charge in [0.2, 0.25) is 0 Å². The van der Waals surface area contributed by atoms with Crippen LogP contribution in [0.4, 0.5) is 10.7 Å². The smallest absolute Gasteiger partial charge is 0.340 e. The fraction of sp³-hybridized carbons (Fsp3) is 0.250. The van der Waals surface area contributed by atoms with E-state index >= 15 is 0 Å². The summed E-state index contributed by atoms with van der Waals surface area (Å²) in [5, 5.41) is 7.55. The van der Waals surface area contributed by atoms with E-state index in [4.69, 9.17) is 33.3 Å².